The van der Waals surface area contributed by atoms with Gasteiger partial charge in [-0.15, -0.1) is 0 Å². The molecule has 0 aromatic carbocycles. The minimum Gasteiger partial charge on any atom is -0.468 e. The van der Waals surface area contributed by atoms with E-state index in [2.05, 4.69) is 11.9 Å². The number of rotatable bonds is 3. The molecule has 3 nitrogen and oxygen atoms in total. The van der Waals surface area contributed by atoms with Crippen LogP contribution in [-0.2, 0) is 0 Å². The first-order valence-electron chi connectivity index (χ1n) is 5.95. The largest absolute Gasteiger partial charge is 0.468 e. The Morgan fingerprint density at radius 3 is 2.56 bits per heavy atom. The minimum atomic E-state index is -0.119. The van der Waals surface area contributed by atoms with Gasteiger partial charge in [0.25, 0.3) is 5.19 Å². The Labute approximate surface area is 101 Å². The van der Waals surface area contributed by atoms with Crippen molar-refractivity contribution >= 4 is 11.3 Å². The minimum absolute atomic E-state index is 0.119. The second kappa shape index (κ2) is 4.72. The third-order valence-electron chi connectivity index (χ3n) is 3.34. The van der Waals surface area contributed by atoms with Crippen molar-refractivity contribution in [3.05, 3.63) is 10.6 Å². The third-order valence-corrected chi connectivity index (χ3v) is 4.33. The van der Waals surface area contributed by atoms with Crippen LogP contribution >= 0.6 is 11.3 Å². The molecule has 2 N–H and O–H groups in total. The van der Waals surface area contributed by atoms with E-state index in [0.717, 1.165) is 23.7 Å². The number of nitrogens with two attached hydrogens (primary N) is 1. The predicted molar refractivity (Wildman–Crippen MR) is 67.1 cm³/mol. The van der Waals surface area contributed by atoms with Gasteiger partial charge in [0.15, 0.2) is 0 Å². The summed E-state index contributed by atoms with van der Waals surface area (Å²) in [7, 11) is 0. The standard InChI is InChI=1S/C12H20N2OS/c1-9-10(2)16-11(14-9)15-8-12(13)6-4-3-5-7-12/h3-8,13H2,1-2H3. The average molecular weight is 240 g/mol. The maximum absolute atomic E-state index is 6.30. The molecule has 1 aromatic rings. The van der Waals surface area contributed by atoms with Crippen LogP contribution in [0.4, 0.5) is 0 Å². The van der Waals surface area contributed by atoms with Gasteiger partial charge in [-0.2, -0.15) is 0 Å². The summed E-state index contributed by atoms with van der Waals surface area (Å²) in [5.41, 5.74) is 7.25. The number of aryl methyl sites for hydroxylation is 2. The summed E-state index contributed by atoms with van der Waals surface area (Å²) in [5.74, 6) is 0. The molecule has 2 rings (SSSR count). The van der Waals surface area contributed by atoms with Crippen LogP contribution in [0.1, 0.15) is 42.7 Å². The van der Waals surface area contributed by atoms with E-state index in [4.69, 9.17) is 10.5 Å². The van der Waals surface area contributed by atoms with Crippen molar-refractivity contribution in [2.45, 2.75) is 51.5 Å². The van der Waals surface area contributed by atoms with Crippen molar-refractivity contribution in [2.24, 2.45) is 5.73 Å². The van der Waals surface area contributed by atoms with Crippen molar-refractivity contribution in [2.75, 3.05) is 6.61 Å². The Hall–Kier alpha value is -0.610. The fraction of sp³-hybridized carbons (Fsp3) is 0.750. The van der Waals surface area contributed by atoms with Gasteiger partial charge in [-0.05, 0) is 26.7 Å². The quantitative estimate of drug-likeness (QED) is 0.883. The predicted octanol–water partition coefficient (Wildman–Crippen LogP) is 2.80. The van der Waals surface area contributed by atoms with Crippen LogP contribution in [0, 0.1) is 13.8 Å². The summed E-state index contributed by atoms with van der Waals surface area (Å²) >= 11 is 1.61. The van der Waals surface area contributed by atoms with Gasteiger partial charge in [-0.1, -0.05) is 30.6 Å². The first-order valence-corrected chi connectivity index (χ1v) is 6.76. The first kappa shape index (κ1) is 11.9. The summed E-state index contributed by atoms with van der Waals surface area (Å²) in [4.78, 5) is 5.59. The highest BCUT2D eigenvalue weighted by atomic mass is 32.1. The van der Waals surface area contributed by atoms with Crippen LogP contribution in [0.3, 0.4) is 0 Å². The van der Waals surface area contributed by atoms with Gasteiger partial charge >= 0.3 is 0 Å². The Morgan fingerprint density at radius 1 is 1.31 bits per heavy atom. The molecule has 1 saturated carbocycles. The molecule has 4 heteroatoms. The Morgan fingerprint density at radius 2 is 2.00 bits per heavy atom. The SMILES string of the molecule is Cc1nc(OCC2(N)CCCCC2)sc1C. The molecule has 1 fully saturated rings. The van der Waals surface area contributed by atoms with Gasteiger partial charge in [0.05, 0.1) is 11.2 Å². The molecule has 90 valence electrons. The zero-order valence-corrected chi connectivity index (χ0v) is 10.9. The van der Waals surface area contributed by atoms with Gasteiger partial charge < -0.3 is 10.5 Å². The third kappa shape index (κ3) is 2.74. The lowest BCUT2D eigenvalue weighted by molar-refractivity contribution is 0.173. The molecule has 0 unspecified atom stereocenters. The van der Waals surface area contributed by atoms with Crippen molar-refractivity contribution in [1.82, 2.24) is 4.98 Å². The van der Waals surface area contributed by atoms with E-state index in [1.165, 1.54) is 24.1 Å². The van der Waals surface area contributed by atoms with Gasteiger partial charge in [-0.3, -0.25) is 0 Å². The van der Waals surface area contributed by atoms with Crippen molar-refractivity contribution in [3.63, 3.8) is 0 Å². The lowest BCUT2D eigenvalue weighted by atomic mass is 9.83. The number of thiazole rings is 1. The molecular formula is C12H20N2OS. The molecule has 0 spiro atoms. The number of ether oxygens (including phenoxy) is 1. The van der Waals surface area contributed by atoms with E-state index in [9.17, 15) is 0 Å². The van der Waals surface area contributed by atoms with E-state index in [0.29, 0.717) is 6.61 Å². The van der Waals surface area contributed by atoms with Gasteiger partial charge in [0.1, 0.15) is 6.61 Å². The molecule has 0 aliphatic heterocycles. The molecule has 1 aliphatic carbocycles. The van der Waals surface area contributed by atoms with E-state index < -0.39 is 0 Å². The number of aromatic nitrogens is 1. The maximum atomic E-state index is 6.30. The van der Waals surface area contributed by atoms with Gasteiger partial charge in [0.2, 0.25) is 0 Å². The van der Waals surface area contributed by atoms with Crippen LogP contribution in [0.2, 0.25) is 0 Å². The van der Waals surface area contributed by atoms with Crippen LogP contribution in [0.15, 0.2) is 0 Å². The normalized spacial score (nSPS) is 19.7. The smallest absolute Gasteiger partial charge is 0.273 e. The van der Waals surface area contributed by atoms with Crippen molar-refractivity contribution < 1.29 is 4.74 Å². The second-order valence-corrected chi connectivity index (χ2v) is 6.00. The fourth-order valence-corrected chi connectivity index (χ4v) is 2.87. The zero-order valence-electron chi connectivity index (χ0n) is 10.1. The molecule has 0 bridgehead atoms. The van der Waals surface area contributed by atoms with E-state index in [1.54, 1.807) is 11.3 Å². The summed E-state index contributed by atoms with van der Waals surface area (Å²) in [6, 6.07) is 0. The summed E-state index contributed by atoms with van der Waals surface area (Å²) in [6.45, 7) is 4.69. The van der Waals surface area contributed by atoms with Crippen LogP contribution < -0.4 is 10.5 Å². The van der Waals surface area contributed by atoms with E-state index >= 15 is 0 Å². The lowest BCUT2D eigenvalue weighted by Gasteiger charge is -2.32. The molecule has 16 heavy (non-hydrogen) atoms. The van der Waals surface area contributed by atoms with E-state index in [-0.39, 0.29) is 5.54 Å². The zero-order chi connectivity index (χ0) is 11.6. The van der Waals surface area contributed by atoms with Crippen LogP contribution in [0.5, 0.6) is 5.19 Å². The van der Waals surface area contributed by atoms with Crippen LogP contribution in [-0.4, -0.2) is 17.1 Å². The molecule has 1 heterocycles. The molecule has 0 atom stereocenters. The lowest BCUT2D eigenvalue weighted by Crippen LogP contribution is -2.47. The molecule has 1 aliphatic rings. The van der Waals surface area contributed by atoms with Crippen LogP contribution in [0.25, 0.3) is 0 Å². The summed E-state index contributed by atoms with van der Waals surface area (Å²) in [5, 5.41) is 0.769. The molecule has 0 saturated heterocycles. The molecule has 1 aromatic heterocycles. The van der Waals surface area contributed by atoms with Gasteiger partial charge in [0, 0.05) is 4.88 Å². The van der Waals surface area contributed by atoms with Crippen molar-refractivity contribution in [3.8, 4) is 5.19 Å². The fourth-order valence-electron chi connectivity index (χ4n) is 2.11. The molecule has 0 radical (unpaired) electrons. The Bertz CT molecular complexity index is 336. The number of hydrogen-bond donors (Lipinski definition) is 1. The van der Waals surface area contributed by atoms with Gasteiger partial charge in [-0.25, -0.2) is 4.98 Å². The van der Waals surface area contributed by atoms with Crippen molar-refractivity contribution in [1.29, 1.82) is 0 Å². The topological polar surface area (TPSA) is 48.1 Å². The maximum Gasteiger partial charge on any atom is 0.273 e. The Balaban J connectivity index is 1.91. The average Bonchev–Trinajstić information content (AvgIpc) is 2.57. The van der Waals surface area contributed by atoms with E-state index in [1.807, 2.05) is 6.92 Å². The first-order chi connectivity index (χ1) is 7.59. The molecular weight excluding hydrogens is 220 g/mol. The highest BCUT2D eigenvalue weighted by Crippen LogP contribution is 2.28. The summed E-state index contributed by atoms with van der Waals surface area (Å²) in [6.07, 6.45) is 5.94. The second-order valence-electron chi connectivity index (χ2n) is 4.83. The highest BCUT2D eigenvalue weighted by molar-refractivity contribution is 7.13. The highest BCUT2D eigenvalue weighted by Gasteiger charge is 2.28. The number of hydrogen-bond acceptors (Lipinski definition) is 4. The Kier molecular flexibility index (Phi) is 3.50. The number of nitrogens with zero attached hydrogens (tertiary/aromatic N) is 1. The molecule has 0 amide bonds. The monoisotopic (exact) mass is 240 g/mol. The summed E-state index contributed by atoms with van der Waals surface area (Å²) < 4.78 is 5.73.